The minimum absolute atomic E-state index is 0.745. The van der Waals surface area contributed by atoms with Crippen molar-refractivity contribution in [2.75, 3.05) is 26.2 Å². The van der Waals surface area contributed by atoms with E-state index < -0.39 is 0 Å². The van der Waals surface area contributed by atoms with Crippen molar-refractivity contribution in [2.45, 2.75) is 26.3 Å². The second-order valence-corrected chi connectivity index (χ2v) is 5.40. The van der Waals surface area contributed by atoms with Crippen molar-refractivity contribution in [1.82, 2.24) is 10.2 Å². The lowest BCUT2D eigenvalue weighted by Gasteiger charge is -2.15. The van der Waals surface area contributed by atoms with Gasteiger partial charge in [-0.2, -0.15) is 5.26 Å². The summed E-state index contributed by atoms with van der Waals surface area (Å²) in [7, 11) is 0. The van der Waals surface area contributed by atoms with E-state index in [9.17, 15) is 0 Å². The van der Waals surface area contributed by atoms with Crippen LogP contribution in [0.1, 0.15) is 30.9 Å². The van der Waals surface area contributed by atoms with E-state index in [0.29, 0.717) is 0 Å². The SMILES string of the molecule is CCCN1CCC(CNCc2cccc(C#N)c2)C1. The van der Waals surface area contributed by atoms with Crippen molar-refractivity contribution in [1.29, 1.82) is 5.26 Å². The van der Waals surface area contributed by atoms with Gasteiger partial charge in [0.15, 0.2) is 0 Å². The normalized spacial score (nSPS) is 19.5. The summed E-state index contributed by atoms with van der Waals surface area (Å²) in [5.74, 6) is 0.783. The van der Waals surface area contributed by atoms with E-state index in [2.05, 4.69) is 29.3 Å². The summed E-state index contributed by atoms with van der Waals surface area (Å²) in [4.78, 5) is 2.56. The van der Waals surface area contributed by atoms with Gasteiger partial charge in [-0.3, -0.25) is 0 Å². The van der Waals surface area contributed by atoms with Gasteiger partial charge in [-0.1, -0.05) is 19.1 Å². The summed E-state index contributed by atoms with van der Waals surface area (Å²) in [6.07, 6.45) is 2.56. The highest BCUT2D eigenvalue weighted by atomic mass is 15.1. The van der Waals surface area contributed by atoms with E-state index in [1.165, 1.54) is 38.0 Å². The number of nitrogens with one attached hydrogen (secondary N) is 1. The average Bonchev–Trinajstić information content (AvgIpc) is 2.87. The zero-order valence-electron chi connectivity index (χ0n) is 11.7. The van der Waals surface area contributed by atoms with E-state index in [1.807, 2.05) is 18.2 Å². The van der Waals surface area contributed by atoms with E-state index in [1.54, 1.807) is 0 Å². The number of rotatable bonds is 6. The molecule has 1 atom stereocenters. The summed E-state index contributed by atoms with van der Waals surface area (Å²) in [5, 5.41) is 12.4. The number of hydrogen-bond acceptors (Lipinski definition) is 3. The molecule has 2 rings (SSSR count). The number of likely N-dealkylation sites (tertiary alicyclic amines) is 1. The first-order valence-electron chi connectivity index (χ1n) is 7.24. The molecule has 1 N–H and O–H groups in total. The van der Waals surface area contributed by atoms with Gasteiger partial charge in [-0.05, 0) is 56.1 Å². The molecule has 1 heterocycles. The predicted molar refractivity (Wildman–Crippen MR) is 77.7 cm³/mol. The molecule has 0 aromatic heterocycles. The molecule has 1 aliphatic rings. The van der Waals surface area contributed by atoms with Gasteiger partial charge in [-0.25, -0.2) is 0 Å². The van der Waals surface area contributed by atoms with Crippen molar-refractivity contribution in [3.05, 3.63) is 35.4 Å². The third kappa shape index (κ3) is 4.34. The summed E-state index contributed by atoms with van der Waals surface area (Å²) in [6.45, 7) is 7.91. The maximum Gasteiger partial charge on any atom is 0.0991 e. The Balaban J connectivity index is 1.71. The molecule has 3 heteroatoms. The van der Waals surface area contributed by atoms with E-state index in [4.69, 9.17) is 5.26 Å². The number of nitrogens with zero attached hydrogens (tertiary/aromatic N) is 2. The highest BCUT2D eigenvalue weighted by Gasteiger charge is 2.20. The molecular weight excluding hydrogens is 234 g/mol. The molecule has 0 bridgehead atoms. The summed E-state index contributed by atoms with van der Waals surface area (Å²) in [6, 6.07) is 10.0. The fraction of sp³-hybridized carbons (Fsp3) is 0.562. The van der Waals surface area contributed by atoms with Crippen LogP contribution in [0.5, 0.6) is 0 Å². The zero-order valence-corrected chi connectivity index (χ0v) is 11.7. The Morgan fingerprint density at radius 1 is 1.47 bits per heavy atom. The van der Waals surface area contributed by atoms with Crippen LogP contribution in [0.25, 0.3) is 0 Å². The Hall–Kier alpha value is -1.37. The Labute approximate surface area is 116 Å². The first kappa shape index (κ1) is 14.0. The molecule has 0 spiro atoms. The Morgan fingerprint density at radius 2 is 2.37 bits per heavy atom. The Bertz CT molecular complexity index is 436. The van der Waals surface area contributed by atoms with Crippen molar-refractivity contribution in [2.24, 2.45) is 5.92 Å². The molecule has 0 saturated carbocycles. The lowest BCUT2D eigenvalue weighted by Crippen LogP contribution is -2.26. The lowest BCUT2D eigenvalue weighted by molar-refractivity contribution is 0.322. The van der Waals surface area contributed by atoms with E-state index >= 15 is 0 Å². The van der Waals surface area contributed by atoms with E-state index in [0.717, 1.165) is 24.6 Å². The lowest BCUT2D eigenvalue weighted by atomic mass is 10.1. The number of benzene rings is 1. The molecule has 1 unspecified atom stereocenters. The maximum atomic E-state index is 8.86. The fourth-order valence-electron chi connectivity index (χ4n) is 2.77. The van der Waals surface area contributed by atoms with Crippen LogP contribution in [-0.2, 0) is 6.54 Å². The van der Waals surface area contributed by atoms with Gasteiger partial charge in [0.25, 0.3) is 0 Å². The van der Waals surface area contributed by atoms with Gasteiger partial charge >= 0.3 is 0 Å². The summed E-state index contributed by atoms with van der Waals surface area (Å²) >= 11 is 0. The Kier molecular flexibility index (Phi) is 5.38. The Morgan fingerprint density at radius 3 is 3.16 bits per heavy atom. The highest BCUT2D eigenvalue weighted by Crippen LogP contribution is 2.15. The minimum atomic E-state index is 0.745. The molecular formula is C16H23N3. The molecule has 1 saturated heterocycles. The molecule has 1 aliphatic heterocycles. The third-order valence-corrected chi connectivity index (χ3v) is 3.73. The van der Waals surface area contributed by atoms with Crippen LogP contribution in [0, 0.1) is 17.2 Å². The summed E-state index contributed by atoms with van der Waals surface area (Å²) < 4.78 is 0. The molecule has 19 heavy (non-hydrogen) atoms. The van der Waals surface area contributed by atoms with Crippen molar-refractivity contribution >= 4 is 0 Å². The maximum absolute atomic E-state index is 8.86. The molecule has 1 aromatic rings. The predicted octanol–water partition coefficient (Wildman–Crippen LogP) is 2.38. The first-order chi connectivity index (χ1) is 9.31. The average molecular weight is 257 g/mol. The van der Waals surface area contributed by atoms with Gasteiger partial charge in [0, 0.05) is 13.1 Å². The molecule has 3 nitrogen and oxygen atoms in total. The number of hydrogen-bond donors (Lipinski definition) is 1. The molecule has 1 aromatic carbocycles. The van der Waals surface area contributed by atoms with Gasteiger partial charge in [0.2, 0.25) is 0 Å². The summed E-state index contributed by atoms with van der Waals surface area (Å²) in [5.41, 5.74) is 1.94. The van der Waals surface area contributed by atoms with Crippen LogP contribution in [0.2, 0.25) is 0 Å². The topological polar surface area (TPSA) is 39.1 Å². The van der Waals surface area contributed by atoms with Crippen molar-refractivity contribution in [3.8, 4) is 6.07 Å². The smallest absolute Gasteiger partial charge is 0.0991 e. The molecule has 0 radical (unpaired) electrons. The van der Waals surface area contributed by atoms with Gasteiger partial charge in [-0.15, -0.1) is 0 Å². The third-order valence-electron chi connectivity index (χ3n) is 3.73. The molecule has 102 valence electrons. The largest absolute Gasteiger partial charge is 0.312 e. The monoisotopic (exact) mass is 257 g/mol. The first-order valence-corrected chi connectivity index (χ1v) is 7.24. The van der Waals surface area contributed by atoms with Crippen LogP contribution < -0.4 is 5.32 Å². The molecule has 0 aliphatic carbocycles. The van der Waals surface area contributed by atoms with Crippen LogP contribution >= 0.6 is 0 Å². The molecule has 0 amide bonds. The van der Waals surface area contributed by atoms with Crippen molar-refractivity contribution < 1.29 is 0 Å². The van der Waals surface area contributed by atoms with Crippen LogP contribution in [0.15, 0.2) is 24.3 Å². The second-order valence-electron chi connectivity index (χ2n) is 5.40. The van der Waals surface area contributed by atoms with Crippen LogP contribution in [0.4, 0.5) is 0 Å². The molecule has 1 fully saturated rings. The van der Waals surface area contributed by atoms with Gasteiger partial charge < -0.3 is 10.2 Å². The number of nitriles is 1. The fourth-order valence-corrected chi connectivity index (χ4v) is 2.77. The van der Waals surface area contributed by atoms with Crippen LogP contribution in [-0.4, -0.2) is 31.1 Å². The van der Waals surface area contributed by atoms with Gasteiger partial charge in [0.05, 0.1) is 11.6 Å². The standard InChI is InChI=1S/C16H23N3/c1-2-7-19-8-6-16(13-19)12-18-11-15-5-3-4-14(9-15)10-17/h3-5,9,16,18H,2,6-8,11-13H2,1H3. The zero-order chi connectivity index (χ0) is 13.5. The quantitative estimate of drug-likeness (QED) is 0.850. The van der Waals surface area contributed by atoms with Gasteiger partial charge in [0.1, 0.15) is 0 Å². The highest BCUT2D eigenvalue weighted by molar-refractivity contribution is 5.32. The minimum Gasteiger partial charge on any atom is -0.312 e. The van der Waals surface area contributed by atoms with Crippen LogP contribution in [0.3, 0.4) is 0 Å². The second kappa shape index (κ2) is 7.28. The van der Waals surface area contributed by atoms with E-state index in [-0.39, 0.29) is 0 Å². The van der Waals surface area contributed by atoms with Crippen molar-refractivity contribution in [3.63, 3.8) is 0 Å².